The largest absolute Gasteiger partial charge is 0.466 e. The first kappa shape index (κ1) is 27.8. The summed E-state index contributed by atoms with van der Waals surface area (Å²) < 4.78 is 9.79. The Morgan fingerprint density at radius 1 is 1.23 bits per heavy atom. The number of nitrogens with one attached hydrogen (secondary N) is 4. The van der Waals surface area contributed by atoms with Crippen molar-refractivity contribution in [3.8, 4) is 0 Å². The highest BCUT2D eigenvalue weighted by atomic mass is 16.6. The number of alkyl carbamates (subject to hydrolysis) is 1. The van der Waals surface area contributed by atoms with E-state index in [0.717, 1.165) is 13.5 Å². The number of Topliss-reactive ketones (excluding diaryl/α,β-unsaturated/α-hetero) is 1. The molecular weight excluding hydrogens is 458 g/mol. The molecule has 3 unspecified atom stereocenters. The van der Waals surface area contributed by atoms with E-state index in [-0.39, 0.29) is 35.0 Å². The number of aryl methyl sites for hydroxylation is 1. The van der Waals surface area contributed by atoms with Crippen LogP contribution in [0.2, 0.25) is 0 Å². The molecule has 0 bridgehead atoms. The second-order valence-corrected chi connectivity index (χ2v) is 10.3. The average Bonchev–Trinajstić information content (AvgIpc) is 2.68. The number of carbonyl (C=O) groups excluding carboxylic acids is 4. The van der Waals surface area contributed by atoms with Gasteiger partial charge >= 0.3 is 18.1 Å². The molecule has 2 rings (SSSR count). The fourth-order valence-electron chi connectivity index (χ4n) is 4.85. The number of hydrogen-bond donors (Lipinski definition) is 4. The molecule has 4 N–H and O–H groups in total. The first-order chi connectivity index (χ1) is 16.2. The molecule has 0 radical (unpaired) electrons. The van der Waals surface area contributed by atoms with E-state index in [1.807, 2.05) is 6.92 Å². The van der Waals surface area contributed by atoms with Crippen molar-refractivity contribution in [3.05, 3.63) is 22.1 Å². The lowest BCUT2D eigenvalue weighted by Gasteiger charge is -2.46. The van der Waals surface area contributed by atoms with Crippen molar-refractivity contribution in [1.82, 2.24) is 20.6 Å². The fourth-order valence-corrected chi connectivity index (χ4v) is 4.85. The number of methoxy groups -OCH3 is 1. The summed E-state index contributed by atoms with van der Waals surface area (Å²) in [5.41, 5.74) is -0.421. The van der Waals surface area contributed by atoms with Gasteiger partial charge in [-0.1, -0.05) is 20.8 Å². The lowest BCUT2D eigenvalue weighted by Crippen LogP contribution is -2.51. The standard InChI is InChI=1S/C23H35N5O7/c1-13-7-17(30)27-19(25-13)28-20(32)24-12-23(5)10-15(9-22(3,4)11-23)26-21(33)35-16(8-14(2)29)18(31)34-6/h7,15-16H,8-12H2,1-6H3,(H,26,33)(H3,24,25,27,28,30,32). The molecule has 12 nitrogen and oxygen atoms in total. The van der Waals surface area contributed by atoms with Crippen LogP contribution >= 0.6 is 0 Å². The van der Waals surface area contributed by atoms with Crippen molar-refractivity contribution < 1.29 is 28.7 Å². The minimum Gasteiger partial charge on any atom is -0.466 e. The third-order valence-corrected chi connectivity index (χ3v) is 5.74. The van der Waals surface area contributed by atoms with Crippen LogP contribution in [0.4, 0.5) is 15.5 Å². The Hall–Kier alpha value is -3.44. The molecule has 1 saturated carbocycles. The highest BCUT2D eigenvalue weighted by molar-refractivity contribution is 5.87. The van der Waals surface area contributed by atoms with Crippen LogP contribution in [0.3, 0.4) is 0 Å². The number of urea groups is 1. The van der Waals surface area contributed by atoms with E-state index in [4.69, 9.17) is 4.74 Å². The topological polar surface area (TPSA) is 169 Å². The molecule has 35 heavy (non-hydrogen) atoms. The summed E-state index contributed by atoms with van der Waals surface area (Å²) >= 11 is 0. The van der Waals surface area contributed by atoms with Gasteiger partial charge in [0.25, 0.3) is 5.56 Å². The predicted octanol–water partition coefficient (Wildman–Crippen LogP) is 2.03. The number of aromatic amines is 1. The highest BCUT2D eigenvalue weighted by Gasteiger charge is 2.42. The Kier molecular flexibility index (Phi) is 9.00. The van der Waals surface area contributed by atoms with E-state index < -0.39 is 29.8 Å². The van der Waals surface area contributed by atoms with Gasteiger partial charge in [0.1, 0.15) is 5.78 Å². The zero-order valence-corrected chi connectivity index (χ0v) is 21.1. The van der Waals surface area contributed by atoms with Crippen molar-refractivity contribution in [2.24, 2.45) is 10.8 Å². The van der Waals surface area contributed by atoms with Gasteiger partial charge in [-0.3, -0.25) is 14.9 Å². The van der Waals surface area contributed by atoms with Crippen molar-refractivity contribution in [2.45, 2.75) is 72.4 Å². The van der Waals surface area contributed by atoms with Gasteiger partial charge in [-0.15, -0.1) is 0 Å². The number of ether oxygens (including phenoxy) is 2. The van der Waals surface area contributed by atoms with Crippen LogP contribution in [0.5, 0.6) is 0 Å². The van der Waals surface area contributed by atoms with Crippen LogP contribution < -0.4 is 21.5 Å². The average molecular weight is 494 g/mol. The van der Waals surface area contributed by atoms with Gasteiger partial charge in [-0.2, -0.15) is 4.98 Å². The third-order valence-electron chi connectivity index (χ3n) is 5.74. The summed E-state index contributed by atoms with van der Waals surface area (Å²) in [6, 6.07) is 0.517. The van der Waals surface area contributed by atoms with E-state index in [1.165, 1.54) is 13.0 Å². The Morgan fingerprint density at radius 2 is 1.91 bits per heavy atom. The second-order valence-electron chi connectivity index (χ2n) is 10.3. The quantitative estimate of drug-likeness (QED) is 0.399. The minimum atomic E-state index is -1.31. The summed E-state index contributed by atoms with van der Waals surface area (Å²) in [5, 5.41) is 8.13. The molecule has 0 saturated heterocycles. The third kappa shape index (κ3) is 9.02. The molecule has 1 fully saturated rings. The van der Waals surface area contributed by atoms with Gasteiger partial charge < -0.3 is 25.1 Å². The molecule has 12 heteroatoms. The van der Waals surface area contributed by atoms with Crippen LogP contribution in [-0.2, 0) is 19.1 Å². The molecule has 1 aliphatic rings. The summed E-state index contributed by atoms with van der Waals surface area (Å²) in [4.78, 5) is 66.2. The molecule has 3 atom stereocenters. The van der Waals surface area contributed by atoms with Crippen LogP contribution in [0.15, 0.2) is 10.9 Å². The zero-order valence-electron chi connectivity index (χ0n) is 21.1. The van der Waals surface area contributed by atoms with Crippen LogP contribution in [0, 0.1) is 17.8 Å². The highest BCUT2D eigenvalue weighted by Crippen LogP contribution is 2.45. The van der Waals surface area contributed by atoms with Gasteiger partial charge in [0.2, 0.25) is 12.1 Å². The Bertz CT molecular complexity index is 1020. The summed E-state index contributed by atoms with van der Waals surface area (Å²) in [5.74, 6) is -1.06. The van der Waals surface area contributed by atoms with Gasteiger partial charge in [-0.05, 0) is 43.9 Å². The monoisotopic (exact) mass is 493 g/mol. The Morgan fingerprint density at radius 3 is 2.51 bits per heavy atom. The van der Waals surface area contributed by atoms with E-state index in [1.54, 1.807) is 6.92 Å². The number of rotatable bonds is 8. The number of ketones is 1. The first-order valence-electron chi connectivity index (χ1n) is 11.4. The number of nitrogens with zero attached hydrogens (tertiary/aromatic N) is 1. The number of amides is 3. The van der Waals surface area contributed by atoms with E-state index in [2.05, 4.69) is 44.5 Å². The maximum Gasteiger partial charge on any atom is 0.408 e. The Balaban J connectivity index is 1.99. The first-order valence-corrected chi connectivity index (χ1v) is 11.4. The van der Waals surface area contributed by atoms with Crippen molar-refractivity contribution >= 4 is 29.8 Å². The van der Waals surface area contributed by atoms with Crippen molar-refractivity contribution in [2.75, 3.05) is 19.0 Å². The predicted molar refractivity (Wildman–Crippen MR) is 127 cm³/mol. The van der Waals surface area contributed by atoms with Gasteiger partial charge in [-0.25, -0.2) is 14.4 Å². The number of aromatic nitrogens is 2. The molecular formula is C23H35N5O7. The maximum absolute atomic E-state index is 12.5. The molecule has 1 heterocycles. The van der Waals surface area contributed by atoms with Crippen LogP contribution in [-0.4, -0.2) is 59.6 Å². The lowest BCUT2D eigenvalue weighted by atomic mass is 9.62. The number of esters is 1. The molecule has 1 aliphatic carbocycles. The zero-order chi connectivity index (χ0) is 26.4. The SMILES string of the molecule is COC(=O)C(CC(C)=O)OC(=O)NC1CC(C)(C)CC(C)(CNC(=O)Nc2nc(=O)cc(C)[nH]2)C1. The van der Waals surface area contributed by atoms with Crippen LogP contribution in [0.25, 0.3) is 0 Å². The normalized spacial score (nSPS) is 21.8. The number of anilines is 1. The van der Waals surface area contributed by atoms with Gasteiger partial charge in [0, 0.05) is 24.3 Å². The number of hydrogen-bond acceptors (Lipinski definition) is 8. The molecule has 0 aliphatic heterocycles. The smallest absolute Gasteiger partial charge is 0.408 e. The van der Waals surface area contributed by atoms with Crippen LogP contribution in [0.1, 0.15) is 59.1 Å². The molecule has 0 spiro atoms. The number of H-pyrrole nitrogens is 1. The molecule has 194 valence electrons. The van der Waals surface area contributed by atoms with Gasteiger partial charge in [0.05, 0.1) is 13.5 Å². The van der Waals surface area contributed by atoms with E-state index >= 15 is 0 Å². The van der Waals surface area contributed by atoms with Crippen molar-refractivity contribution in [3.63, 3.8) is 0 Å². The maximum atomic E-state index is 12.5. The summed E-state index contributed by atoms with van der Waals surface area (Å²) in [6.07, 6.45) is -0.412. The minimum absolute atomic E-state index is 0.0506. The molecule has 3 amide bonds. The molecule has 1 aromatic rings. The summed E-state index contributed by atoms with van der Waals surface area (Å²) in [6.45, 7) is 9.43. The molecule has 1 aromatic heterocycles. The number of carbonyl (C=O) groups is 4. The van der Waals surface area contributed by atoms with E-state index in [9.17, 15) is 24.0 Å². The fraction of sp³-hybridized carbons (Fsp3) is 0.652. The molecule has 0 aromatic carbocycles. The second kappa shape index (κ2) is 11.3. The Labute approximate surface area is 203 Å². The van der Waals surface area contributed by atoms with Gasteiger partial charge in [0.15, 0.2) is 0 Å². The summed E-state index contributed by atoms with van der Waals surface area (Å²) in [7, 11) is 1.15. The van der Waals surface area contributed by atoms with Crippen molar-refractivity contribution in [1.29, 1.82) is 0 Å². The lowest BCUT2D eigenvalue weighted by molar-refractivity contribution is -0.152. The van der Waals surface area contributed by atoms with E-state index in [0.29, 0.717) is 25.1 Å².